The second-order valence-electron chi connectivity index (χ2n) is 7.65. The molecule has 0 saturated carbocycles. The molecule has 3 nitrogen and oxygen atoms in total. The van der Waals surface area contributed by atoms with Crippen LogP contribution in [0, 0.1) is 19.8 Å². The number of hydrogen-bond acceptors (Lipinski definition) is 3. The Morgan fingerprint density at radius 3 is 2.15 bits per heavy atom. The Labute approximate surface area is 158 Å². The third-order valence-corrected chi connectivity index (χ3v) is 6.10. The summed E-state index contributed by atoms with van der Waals surface area (Å²) in [7, 11) is 2.03. The normalized spacial score (nSPS) is 17.7. The number of benzene rings is 1. The van der Waals surface area contributed by atoms with Gasteiger partial charge in [0, 0.05) is 24.4 Å². The van der Waals surface area contributed by atoms with Crippen molar-refractivity contribution in [2.45, 2.75) is 54.4 Å². The van der Waals surface area contributed by atoms with Crippen molar-refractivity contribution in [2.24, 2.45) is 5.92 Å². The van der Waals surface area contributed by atoms with E-state index in [0.29, 0.717) is 0 Å². The molecule has 1 aliphatic heterocycles. The SMILES string of the molecule is C=C1C(C)=C(C)N(C)C(=C)N1c1cc(C(C)C(C)C(C)=O)c(C)cc1C. The van der Waals surface area contributed by atoms with E-state index in [2.05, 4.69) is 69.7 Å². The van der Waals surface area contributed by atoms with Gasteiger partial charge in [0.2, 0.25) is 0 Å². The van der Waals surface area contributed by atoms with Crippen molar-refractivity contribution in [3.8, 4) is 0 Å². The van der Waals surface area contributed by atoms with E-state index in [0.717, 1.165) is 22.8 Å². The van der Waals surface area contributed by atoms with E-state index in [1.54, 1.807) is 6.92 Å². The van der Waals surface area contributed by atoms with Crippen LogP contribution in [0.3, 0.4) is 0 Å². The zero-order chi connectivity index (χ0) is 19.9. The standard InChI is InChI=1S/C23H32N2O/c1-13-11-14(2)23(12-22(13)16(4)15(3)20(8)26)25-19(7)17(5)18(6)24(10)21(25)9/h11-12,15-16H,7,9H2,1-6,8,10H3. The zero-order valence-electron chi connectivity index (χ0n) is 17.5. The molecule has 0 saturated heterocycles. The van der Waals surface area contributed by atoms with Crippen molar-refractivity contribution in [1.82, 2.24) is 4.90 Å². The molecule has 2 rings (SSSR count). The molecule has 0 bridgehead atoms. The van der Waals surface area contributed by atoms with Crippen molar-refractivity contribution in [3.63, 3.8) is 0 Å². The van der Waals surface area contributed by atoms with Gasteiger partial charge >= 0.3 is 0 Å². The Hall–Kier alpha value is -2.29. The lowest BCUT2D eigenvalue weighted by atomic mass is 9.83. The van der Waals surface area contributed by atoms with E-state index < -0.39 is 0 Å². The summed E-state index contributed by atoms with van der Waals surface area (Å²) in [6.07, 6.45) is 0. The number of hydrogen-bond donors (Lipinski definition) is 0. The predicted molar refractivity (Wildman–Crippen MR) is 111 cm³/mol. The van der Waals surface area contributed by atoms with Gasteiger partial charge in [0.25, 0.3) is 0 Å². The predicted octanol–water partition coefficient (Wildman–Crippen LogP) is 5.66. The summed E-state index contributed by atoms with van der Waals surface area (Å²) in [5.41, 5.74) is 7.97. The summed E-state index contributed by atoms with van der Waals surface area (Å²) in [4.78, 5) is 16.1. The van der Waals surface area contributed by atoms with Crippen LogP contribution in [0.1, 0.15) is 57.2 Å². The topological polar surface area (TPSA) is 23.6 Å². The van der Waals surface area contributed by atoms with Crippen LogP contribution < -0.4 is 4.90 Å². The van der Waals surface area contributed by atoms with Crippen LogP contribution in [0.2, 0.25) is 0 Å². The van der Waals surface area contributed by atoms with Crippen LogP contribution in [0.15, 0.2) is 48.1 Å². The van der Waals surface area contributed by atoms with E-state index in [-0.39, 0.29) is 17.6 Å². The molecule has 0 radical (unpaired) electrons. The summed E-state index contributed by atoms with van der Waals surface area (Å²) >= 11 is 0. The van der Waals surface area contributed by atoms with Crippen LogP contribution in [0.5, 0.6) is 0 Å². The first kappa shape index (κ1) is 20.0. The molecule has 3 heteroatoms. The first-order valence-corrected chi connectivity index (χ1v) is 9.20. The number of allylic oxidation sites excluding steroid dienone is 2. The molecule has 1 aromatic carbocycles. The van der Waals surface area contributed by atoms with Gasteiger partial charge in [0.1, 0.15) is 11.6 Å². The highest BCUT2D eigenvalue weighted by Gasteiger charge is 2.28. The zero-order valence-corrected chi connectivity index (χ0v) is 17.5. The Balaban J connectivity index is 2.61. The van der Waals surface area contributed by atoms with Gasteiger partial charge in [0.05, 0.1) is 5.69 Å². The fourth-order valence-corrected chi connectivity index (χ4v) is 3.62. The Bertz CT molecular complexity index is 816. The maximum absolute atomic E-state index is 11.9. The molecule has 26 heavy (non-hydrogen) atoms. The van der Waals surface area contributed by atoms with Crippen LogP contribution in [0.4, 0.5) is 5.69 Å². The Morgan fingerprint density at radius 2 is 1.62 bits per heavy atom. The molecule has 0 spiro atoms. The second-order valence-corrected chi connectivity index (χ2v) is 7.65. The van der Waals surface area contributed by atoms with Gasteiger partial charge in [0.15, 0.2) is 0 Å². The van der Waals surface area contributed by atoms with Crippen molar-refractivity contribution >= 4 is 11.5 Å². The number of aryl methyl sites for hydroxylation is 2. The van der Waals surface area contributed by atoms with Crippen LogP contribution >= 0.6 is 0 Å². The summed E-state index contributed by atoms with van der Waals surface area (Å²) in [6.45, 7) is 22.8. The van der Waals surface area contributed by atoms with Gasteiger partial charge in [-0.1, -0.05) is 33.1 Å². The highest BCUT2D eigenvalue weighted by atomic mass is 16.1. The molecule has 2 atom stereocenters. The number of Topliss-reactive ketones (excluding diaryl/α,β-unsaturated/α-hetero) is 1. The van der Waals surface area contributed by atoms with E-state index in [4.69, 9.17) is 0 Å². The molecule has 0 aromatic heterocycles. The van der Waals surface area contributed by atoms with Crippen molar-refractivity contribution in [1.29, 1.82) is 0 Å². The van der Waals surface area contributed by atoms with Gasteiger partial charge in [-0.25, -0.2) is 0 Å². The number of carbonyl (C=O) groups is 1. The number of anilines is 1. The van der Waals surface area contributed by atoms with E-state index in [9.17, 15) is 4.79 Å². The minimum absolute atomic E-state index is 0.0106. The number of ketones is 1. The largest absolute Gasteiger partial charge is 0.335 e. The summed E-state index contributed by atoms with van der Waals surface area (Å²) < 4.78 is 0. The quantitative estimate of drug-likeness (QED) is 0.698. The molecule has 1 heterocycles. The molecular formula is C23H32N2O. The van der Waals surface area contributed by atoms with Crippen molar-refractivity contribution < 1.29 is 4.79 Å². The molecule has 2 unspecified atom stereocenters. The fraction of sp³-hybridized carbons (Fsp3) is 0.435. The molecule has 1 aliphatic rings. The Kier molecular flexibility index (Phi) is 5.50. The average Bonchev–Trinajstić information content (AvgIpc) is 2.58. The van der Waals surface area contributed by atoms with E-state index in [1.807, 2.05) is 14.0 Å². The molecule has 1 aromatic rings. The average molecular weight is 353 g/mol. The lowest BCUT2D eigenvalue weighted by Gasteiger charge is -2.41. The van der Waals surface area contributed by atoms with Gasteiger partial charge in [-0.05, 0) is 68.9 Å². The van der Waals surface area contributed by atoms with Crippen LogP contribution in [-0.4, -0.2) is 17.7 Å². The fourth-order valence-electron chi connectivity index (χ4n) is 3.62. The lowest BCUT2D eigenvalue weighted by Crippen LogP contribution is -2.37. The molecule has 0 amide bonds. The van der Waals surface area contributed by atoms with E-state index >= 15 is 0 Å². The smallest absolute Gasteiger partial charge is 0.133 e. The second kappa shape index (κ2) is 7.14. The minimum atomic E-state index is -0.0106. The van der Waals surface area contributed by atoms with Crippen molar-refractivity contribution in [2.75, 3.05) is 11.9 Å². The molecule has 0 fully saturated rings. The summed E-state index contributed by atoms with van der Waals surface area (Å²) in [5, 5.41) is 0. The number of carbonyl (C=O) groups excluding carboxylic acids is 1. The number of nitrogens with zero attached hydrogens (tertiary/aromatic N) is 2. The lowest BCUT2D eigenvalue weighted by molar-refractivity contribution is -0.120. The van der Waals surface area contributed by atoms with Gasteiger partial charge in [-0.15, -0.1) is 0 Å². The number of rotatable bonds is 4. The molecule has 0 aliphatic carbocycles. The molecular weight excluding hydrogens is 320 g/mol. The highest BCUT2D eigenvalue weighted by Crippen LogP contribution is 2.40. The molecule has 140 valence electrons. The monoisotopic (exact) mass is 352 g/mol. The van der Waals surface area contributed by atoms with Crippen LogP contribution in [0.25, 0.3) is 0 Å². The Morgan fingerprint density at radius 1 is 1.04 bits per heavy atom. The first-order valence-electron chi connectivity index (χ1n) is 9.20. The maximum atomic E-state index is 11.9. The van der Waals surface area contributed by atoms with E-state index in [1.165, 1.54) is 22.4 Å². The summed E-state index contributed by atoms with van der Waals surface area (Å²) in [5.74, 6) is 1.26. The van der Waals surface area contributed by atoms with Crippen LogP contribution in [-0.2, 0) is 4.79 Å². The third-order valence-electron chi connectivity index (χ3n) is 6.10. The third kappa shape index (κ3) is 3.23. The summed E-state index contributed by atoms with van der Waals surface area (Å²) in [6, 6.07) is 4.42. The minimum Gasteiger partial charge on any atom is -0.335 e. The first-order chi connectivity index (χ1) is 12.0. The maximum Gasteiger partial charge on any atom is 0.133 e. The highest BCUT2D eigenvalue weighted by molar-refractivity contribution is 5.79. The molecule has 0 N–H and O–H groups in total. The van der Waals surface area contributed by atoms with Gasteiger partial charge < -0.3 is 4.90 Å². The van der Waals surface area contributed by atoms with Crippen molar-refractivity contribution in [3.05, 3.63) is 64.8 Å². The van der Waals surface area contributed by atoms with Gasteiger partial charge in [-0.2, -0.15) is 0 Å². The van der Waals surface area contributed by atoms with Gasteiger partial charge in [-0.3, -0.25) is 9.69 Å².